The number of carbonyl (C=O) groups is 1. The minimum absolute atomic E-state index is 0.0467. The van der Waals surface area contributed by atoms with Gasteiger partial charge in [0.2, 0.25) is 10.0 Å². The molecule has 0 atom stereocenters. The summed E-state index contributed by atoms with van der Waals surface area (Å²) < 4.78 is 23.0. The SMILES string of the molecule is CCc1ccc(C2=C/C(=C/c3ccccc3)C(=O)N2CCc2ccc(S(N)(=O)=O)cc2)cc1. The minimum Gasteiger partial charge on any atom is -0.307 e. The first kappa shape index (κ1) is 22.7. The Bertz CT molecular complexity index is 1310. The lowest BCUT2D eigenvalue weighted by Crippen LogP contribution is -2.27. The second-order valence-electron chi connectivity index (χ2n) is 7.99. The van der Waals surface area contributed by atoms with Crippen molar-refractivity contribution < 1.29 is 13.2 Å². The van der Waals surface area contributed by atoms with Crippen molar-refractivity contribution in [3.8, 4) is 0 Å². The molecule has 4 rings (SSSR count). The number of carbonyl (C=O) groups excluding carboxylic acids is 1. The molecule has 168 valence electrons. The van der Waals surface area contributed by atoms with E-state index in [1.807, 2.05) is 42.5 Å². The maximum atomic E-state index is 13.3. The molecule has 0 bridgehead atoms. The van der Waals surface area contributed by atoms with Gasteiger partial charge in [-0.3, -0.25) is 4.79 Å². The lowest BCUT2D eigenvalue weighted by Gasteiger charge is -2.21. The molecule has 1 heterocycles. The molecule has 0 spiro atoms. The number of sulfonamides is 1. The van der Waals surface area contributed by atoms with Crippen molar-refractivity contribution in [3.63, 3.8) is 0 Å². The molecule has 33 heavy (non-hydrogen) atoms. The summed E-state index contributed by atoms with van der Waals surface area (Å²) in [6.07, 6.45) is 5.39. The van der Waals surface area contributed by atoms with E-state index in [9.17, 15) is 13.2 Å². The monoisotopic (exact) mass is 458 g/mol. The zero-order valence-electron chi connectivity index (χ0n) is 18.4. The molecule has 1 amide bonds. The van der Waals surface area contributed by atoms with Crippen LogP contribution in [0.1, 0.15) is 29.2 Å². The number of hydrogen-bond donors (Lipinski definition) is 1. The standard InChI is InChI=1S/C27H26N2O3S/c1-2-20-8-12-23(13-9-20)26-19-24(18-22-6-4-3-5-7-22)27(30)29(26)17-16-21-10-14-25(15-11-21)33(28,31)32/h3-15,18-19H,2,16-17H2,1H3,(H2,28,31,32)/b24-18-. The Kier molecular flexibility index (Phi) is 6.58. The average Bonchev–Trinajstić information content (AvgIpc) is 3.13. The van der Waals surface area contributed by atoms with Gasteiger partial charge >= 0.3 is 0 Å². The van der Waals surface area contributed by atoms with E-state index in [1.165, 1.54) is 17.7 Å². The number of rotatable bonds is 7. The van der Waals surface area contributed by atoms with Gasteiger partial charge in [-0.2, -0.15) is 0 Å². The van der Waals surface area contributed by atoms with Crippen LogP contribution < -0.4 is 5.14 Å². The third kappa shape index (κ3) is 5.30. The van der Waals surface area contributed by atoms with Gasteiger partial charge in [0, 0.05) is 12.1 Å². The van der Waals surface area contributed by atoms with Crippen LogP contribution in [-0.2, 0) is 27.7 Å². The van der Waals surface area contributed by atoms with Crippen LogP contribution in [-0.4, -0.2) is 25.8 Å². The van der Waals surface area contributed by atoms with Crippen molar-refractivity contribution >= 4 is 27.7 Å². The largest absolute Gasteiger partial charge is 0.307 e. The molecule has 0 aliphatic carbocycles. The van der Waals surface area contributed by atoms with E-state index < -0.39 is 10.0 Å². The van der Waals surface area contributed by atoms with Crippen molar-refractivity contribution in [1.29, 1.82) is 0 Å². The number of aryl methyl sites for hydroxylation is 1. The highest BCUT2D eigenvalue weighted by Gasteiger charge is 2.28. The van der Waals surface area contributed by atoms with Crippen molar-refractivity contribution in [2.45, 2.75) is 24.7 Å². The highest BCUT2D eigenvalue weighted by atomic mass is 32.2. The number of benzene rings is 3. The molecule has 2 N–H and O–H groups in total. The van der Waals surface area contributed by atoms with Crippen LogP contribution in [0, 0.1) is 0 Å². The van der Waals surface area contributed by atoms with E-state index in [1.54, 1.807) is 17.0 Å². The molecule has 1 aliphatic heterocycles. The van der Waals surface area contributed by atoms with E-state index in [-0.39, 0.29) is 10.8 Å². The van der Waals surface area contributed by atoms with Gasteiger partial charge < -0.3 is 4.90 Å². The summed E-state index contributed by atoms with van der Waals surface area (Å²) in [4.78, 5) is 15.2. The maximum Gasteiger partial charge on any atom is 0.258 e. The minimum atomic E-state index is -3.73. The molecule has 0 saturated carbocycles. The summed E-state index contributed by atoms with van der Waals surface area (Å²) in [5, 5.41) is 5.19. The topological polar surface area (TPSA) is 80.5 Å². The van der Waals surface area contributed by atoms with Gasteiger partial charge in [0.25, 0.3) is 5.91 Å². The molecule has 0 fully saturated rings. The first-order valence-electron chi connectivity index (χ1n) is 10.9. The Hall–Kier alpha value is -3.48. The van der Waals surface area contributed by atoms with Crippen molar-refractivity contribution in [2.75, 3.05) is 6.54 Å². The Labute approximate surface area is 194 Å². The first-order valence-corrected chi connectivity index (χ1v) is 12.4. The van der Waals surface area contributed by atoms with Gasteiger partial charge in [-0.1, -0.05) is 73.7 Å². The summed E-state index contributed by atoms with van der Waals surface area (Å²) in [6.45, 7) is 2.59. The summed E-state index contributed by atoms with van der Waals surface area (Å²) in [5.74, 6) is -0.0467. The van der Waals surface area contributed by atoms with E-state index in [2.05, 4.69) is 31.2 Å². The van der Waals surface area contributed by atoms with Crippen molar-refractivity contribution in [2.24, 2.45) is 5.14 Å². The molecule has 3 aromatic rings. The Morgan fingerprint density at radius 1 is 0.879 bits per heavy atom. The lowest BCUT2D eigenvalue weighted by molar-refractivity contribution is -0.122. The van der Waals surface area contributed by atoms with Crippen LogP contribution in [0.4, 0.5) is 0 Å². The average molecular weight is 459 g/mol. The summed E-state index contributed by atoms with van der Waals surface area (Å²) in [6, 6.07) is 24.5. The molecule has 6 heteroatoms. The molecule has 0 saturated heterocycles. The van der Waals surface area contributed by atoms with E-state index >= 15 is 0 Å². The second kappa shape index (κ2) is 9.57. The predicted octanol–water partition coefficient (Wildman–Crippen LogP) is 4.41. The Morgan fingerprint density at radius 2 is 1.52 bits per heavy atom. The zero-order chi connectivity index (χ0) is 23.4. The van der Waals surface area contributed by atoms with Crippen LogP contribution in [0.5, 0.6) is 0 Å². The quantitative estimate of drug-likeness (QED) is 0.533. The zero-order valence-corrected chi connectivity index (χ0v) is 19.3. The fourth-order valence-corrected chi connectivity index (χ4v) is 4.36. The fraction of sp³-hybridized carbons (Fsp3) is 0.148. The normalized spacial score (nSPS) is 15.2. The molecule has 0 aromatic heterocycles. The van der Waals surface area contributed by atoms with Gasteiger partial charge in [-0.05, 0) is 59.4 Å². The van der Waals surface area contributed by atoms with Crippen molar-refractivity contribution in [1.82, 2.24) is 4.90 Å². The van der Waals surface area contributed by atoms with Gasteiger partial charge in [0.1, 0.15) is 0 Å². The number of hydrogen-bond acceptors (Lipinski definition) is 3. The van der Waals surface area contributed by atoms with Crippen LogP contribution in [0.25, 0.3) is 11.8 Å². The van der Waals surface area contributed by atoms with Crippen LogP contribution in [0.2, 0.25) is 0 Å². The number of nitrogens with zero attached hydrogens (tertiary/aromatic N) is 1. The van der Waals surface area contributed by atoms with E-state index in [0.29, 0.717) is 18.5 Å². The van der Waals surface area contributed by atoms with Gasteiger partial charge in [-0.15, -0.1) is 0 Å². The Morgan fingerprint density at radius 3 is 2.12 bits per heavy atom. The number of primary sulfonamides is 1. The van der Waals surface area contributed by atoms with Crippen LogP contribution in [0.3, 0.4) is 0 Å². The van der Waals surface area contributed by atoms with Crippen LogP contribution in [0.15, 0.2) is 95.4 Å². The van der Waals surface area contributed by atoms with Gasteiger partial charge in [-0.25, -0.2) is 13.6 Å². The third-order valence-electron chi connectivity index (χ3n) is 5.73. The highest BCUT2D eigenvalue weighted by Crippen LogP contribution is 2.31. The fourth-order valence-electron chi connectivity index (χ4n) is 3.84. The third-order valence-corrected chi connectivity index (χ3v) is 6.66. The smallest absolute Gasteiger partial charge is 0.258 e. The molecular weight excluding hydrogens is 432 g/mol. The summed E-state index contributed by atoms with van der Waals surface area (Å²) >= 11 is 0. The second-order valence-corrected chi connectivity index (χ2v) is 9.55. The van der Waals surface area contributed by atoms with Crippen LogP contribution >= 0.6 is 0 Å². The van der Waals surface area contributed by atoms with Gasteiger partial charge in [0.15, 0.2) is 0 Å². The van der Waals surface area contributed by atoms with Gasteiger partial charge in [0.05, 0.1) is 10.6 Å². The summed E-state index contributed by atoms with van der Waals surface area (Å²) in [7, 11) is -3.73. The number of amides is 1. The molecule has 0 radical (unpaired) electrons. The molecule has 1 aliphatic rings. The Balaban J connectivity index is 1.61. The first-order chi connectivity index (χ1) is 15.8. The predicted molar refractivity (Wildman–Crippen MR) is 131 cm³/mol. The molecule has 0 unspecified atom stereocenters. The summed E-state index contributed by atoms with van der Waals surface area (Å²) in [5.41, 5.74) is 5.63. The lowest BCUT2D eigenvalue weighted by atomic mass is 10.1. The molecular formula is C27H26N2O3S. The molecule has 3 aromatic carbocycles. The van der Waals surface area contributed by atoms with Crippen molar-refractivity contribution in [3.05, 3.63) is 113 Å². The van der Waals surface area contributed by atoms with E-state index in [4.69, 9.17) is 5.14 Å². The van der Waals surface area contributed by atoms with E-state index in [0.717, 1.165) is 28.8 Å². The molecule has 5 nitrogen and oxygen atoms in total. The highest BCUT2D eigenvalue weighted by molar-refractivity contribution is 7.89. The number of nitrogens with two attached hydrogens (primary N) is 1. The maximum absolute atomic E-state index is 13.3.